The third-order valence-corrected chi connectivity index (χ3v) is 2.91. The summed E-state index contributed by atoms with van der Waals surface area (Å²) in [7, 11) is 0. The van der Waals surface area contributed by atoms with Crippen LogP contribution in [0.5, 0.6) is 0 Å². The van der Waals surface area contributed by atoms with E-state index < -0.39 is 0 Å². The van der Waals surface area contributed by atoms with Gasteiger partial charge in [-0.3, -0.25) is 9.89 Å². The molecule has 0 aliphatic rings. The van der Waals surface area contributed by atoms with Crippen molar-refractivity contribution < 1.29 is 4.79 Å². The Labute approximate surface area is 118 Å². The summed E-state index contributed by atoms with van der Waals surface area (Å²) in [5.41, 5.74) is 5.85. The van der Waals surface area contributed by atoms with Crippen molar-refractivity contribution >= 4 is 12.1 Å². The van der Waals surface area contributed by atoms with E-state index in [-0.39, 0.29) is 5.91 Å². The fourth-order valence-corrected chi connectivity index (χ4v) is 1.62. The summed E-state index contributed by atoms with van der Waals surface area (Å²) in [4.78, 5) is 11.8. The molecular formula is C15H18N4O. The van der Waals surface area contributed by atoms with E-state index in [1.807, 2.05) is 45.0 Å². The van der Waals surface area contributed by atoms with Crippen molar-refractivity contribution in [2.75, 3.05) is 0 Å². The second kappa shape index (κ2) is 6.14. The van der Waals surface area contributed by atoms with Gasteiger partial charge in [0, 0.05) is 5.69 Å². The Kier molecular flexibility index (Phi) is 4.30. The molecule has 5 nitrogen and oxygen atoms in total. The molecule has 0 atom stereocenters. The highest BCUT2D eigenvalue weighted by Crippen LogP contribution is 2.11. The van der Waals surface area contributed by atoms with E-state index in [1.165, 1.54) is 5.56 Å². The molecule has 0 spiro atoms. The lowest BCUT2D eigenvalue weighted by atomic mass is 10.1. The zero-order valence-electron chi connectivity index (χ0n) is 11.8. The summed E-state index contributed by atoms with van der Waals surface area (Å²) in [5.74, 6) is -0.0170. The van der Waals surface area contributed by atoms with Gasteiger partial charge in [-0.2, -0.15) is 10.2 Å². The van der Waals surface area contributed by atoms with Gasteiger partial charge in [-0.05, 0) is 24.5 Å². The molecule has 0 saturated heterocycles. The van der Waals surface area contributed by atoms with E-state index in [9.17, 15) is 4.79 Å². The predicted molar refractivity (Wildman–Crippen MR) is 78.9 cm³/mol. The maximum absolute atomic E-state index is 11.8. The number of hydrogen-bond donors (Lipinski definition) is 2. The number of carbonyl (C=O) groups excluding carboxylic acids is 1. The molecule has 1 amide bonds. The van der Waals surface area contributed by atoms with Crippen LogP contribution in [0, 0.1) is 6.92 Å². The molecule has 1 aromatic heterocycles. The monoisotopic (exact) mass is 270 g/mol. The molecule has 2 N–H and O–H groups in total. The van der Waals surface area contributed by atoms with Crippen molar-refractivity contribution in [3.63, 3.8) is 0 Å². The number of benzene rings is 1. The van der Waals surface area contributed by atoms with Crippen molar-refractivity contribution in [3.8, 4) is 0 Å². The number of hydrazone groups is 1. The first-order valence-corrected chi connectivity index (χ1v) is 6.51. The fraction of sp³-hybridized carbons (Fsp3) is 0.267. The molecule has 0 fully saturated rings. The molecule has 2 rings (SSSR count). The van der Waals surface area contributed by atoms with E-state index in [0.29, 0.717) is 11.6 Å². The lowest BCUT2D eigenvalue weighted by Crippen LogP contribution is -2.18. The van der Waals surface area contributed by atoms with Crippen LogP contribution in [0.4, 0.5) is 0 Å². The Hall–Kier alpha value is -2.43. The van der Waals surface area contributed by atoms with Gasteiger partial charge < -0.3 is 0 Å². The molecule has 1 heterocycles. The first-order chi connectivity index (χ1) is 9.56. The molecule has 0 bridgehead atoms. The quantitative estimate of drug-likeness (QED) is 0.662. The van der Waals surface area contributed by atoms with Gasteiger partial charge in [-0.25, -0.2) is 5.43 Å². The van der Waals surface area contributed by atoms with Crippen molar-refractivity contribution in [1.29, 1.82) is 0 Å². The Bertz CT molecular complexity index is 611. The maximum Gasteiger partial charge on any atom is 0.291 e. The van der Waals surface area contributed by atoms with Crippen molar-refractivity contribution in [2.24, 2.45) is 5.10 Å². The van der Waals surface area contributed by atoms with E-state index in [2.05, 4.69) is 20.7 Å². The van der Waals surface area contributed by atoms with Gasteiger partial charge in [0.2, 0.25) is 0 Å². The number of rotatable bonds is 4. The fourth-order valence-electron chi connectivity index (χ4n) is 1.62. The molecule has 20 heavy (non-hydrogen) atoms. The largest absolute Gasteiger partial charge is 0.291 e. The number of amides is 1. The average molecular weight is 270 g/mol. The number of nitrogens with zero attached hydrogens (tertiary/aromatic N) is 2. The van der Waals surface area contributed by atoms with Crippen LogP contribution in [0.2, 0.25) is 0 Å². The van der Waals surface area contributed by atoms with Crippen molar-refractivity contribution in [3.05, 3.63) is 52.8 Å². The summed E-state index contributed by atoms with van der Waals surface area (Å²) in [6.07, 6.45) is 1.60. The number of aryl methyl sites for hydroxylation is 1. The maximum atomic E-state index is 11.8. The van der Waals surface area contributed by atoms with E-state index in [4.69, 9.17) is 0 Å². The van der Waals surface area contributed by atoms with Crippen LogP contribution in [-0.2, 0) is 0 Å². The summed E-state index contributed by atoms with van der Waals surface area (Å²) in [6.45, 7) is 6.09. The number of H-pyrrole nitrogens is 1. The van der Waals surface area contributed by atoms with Crippen LogP contribution in [0.15, 0.2) is 35.4 Å². The van der Waals surface area contributed by atoms with Gasteiger partial charge in [0.15, 0.2) is 5.69 Å². The molecule has 5 heteroatoms. The Morgan fingerprint density at radius 2 is 2.05 bits per heavy atom. The van der Waals surface area contributed by atoms with Crippen LogP contribution in [0.25, 0.3) is 0 Å². The lowest BCUT2D eigenvalue weighted by molar-refractivity contribution is 0.0950. The average Bonchev–Trinajstić information content (AvgIpc) is 2.91. The molecule has 0 saturated carbocycles. The summed E-state index contributed by atoms with van der Waals surface area (Å²) >= 11 is 0. The standard InChI is InChI=1S/C15H18N4O/c1-10(2)13-8-14(18-17-13)15(20)19-16-9-12-6-4-11(3)5-7-12/h4-10H,1-3H3,(H,17,18)(H,19,20)/b16-9-. The highest BCUT2D eigenvalue weighted by Gasteiger charge is 2.10. The number of aromatic nitrogens is 2. The molecule has 0 aliphatic heterocycles. The van der Waals surface area contributed by atoms with E-state index in [0.717, 1.165) is 11.3 Å². The van der Waals surface area contributed by atoms with Gasteiger partial charge in [0.1, 0.15) is 0 Å². The van der Waals surface area contributed by atoms with Gasteiger partial charge >= 0.3 is 0 Å². The SMILES string of the molecule is Cc1ccc(/C=N\NC(=O)c2cc(C(C)C)[nH]n2)cc1. The highest BCUT2D eigenvalue weighted by molar-refractivity contribution is 5.93. The minimum absolute atomic E-state index is 0.306. The summed E-state index contributed by atoms with van der Waals surface area (Å²) in [6, 6.07) is 9.60. The van der Waals surface area contributed by atoms with Crippen LogP contribution in [0.3, 0.4) is 0 Å². The first kappa shape index (κ1) is 14.0. The molecule has 104 valence electrons. The lowest BCUT2D eigenvalue weighted by Gasteiger charge is -1.97. The summed E-state index contributed by atoms with van der Waals surface area (Å²) < 4.78 is 0. The Morgan fingerprint density at radius 3 is 2.65 bits per heavy atom. The molecule has 0 aliphatic carbocycles. The number of nitrogens with one attached hydrogen (secondary N) is 2. The molecule has 0 radical (unpaired) electrons. The minimum Gasteiger partial charge on any atom is -0.282 e. The zero-order chi connectivity index (χ0) is 14.5. The second-order valence-electron chi connectivity index (χ2n) is 4.97. The van der Waals surface area contributed by atoms with Crippen LogP contribution in [-0.4, -0.2) is 22.3 Å². The highest BCUT2D eigenvalue weighted by atomic mass is 16.2. The zero-order valence-corrected chi connectivity index (χ0v) is 11.8. The number of carbonyl (C=O) groups is 1. The molecular weight excluding hydrogens is 252 g/mol. The molecule has 0 unspecified atom stereocenters. The van der Waals surface area contributed by atoms with Gasteiger partial charge in [-0.1, -0.05) is 43.7 Å². The number of aromatic amines is 1. The Balaban J connectivity index is 1.95. The van der Waals surface area contributed by atoms with Gasteiger partial charge in [-0.15, -0.1) is 0 Å². The topological polar surface area (TPSA) is 70.1 Å². The van der Waals surface area contributed by atoms with Crippen molar-refractivity contribution in [2.45, 2.75) is 26.7 Å². The third kappa shape index (κ3) is 3.54. The molecule has 1 aromatic carbocycles. The second-order valence-corrected chi connectivity index (χ2v) is 4.97. The predicted octanol–water partition coefficient (Wildman–Crippen LogP) is 2.61. The van der Waals surface area contributed by atoms with Crippen LogP contribution >= 0.6 is 0 Å². The number of hydrogen-bond acceptors (Lipinski definition) is 3. The van der Waals surface area contributed by atoms with E-state index >= 15 is 0 Å². The van der Waals surface area contributed by atoms with Gasteiger partial charge in [0.25, 0.3) is 5.91 Å². The van der Waals surface area contributed by atoms with Crippen LogP contribution < -0.4 is 5.43 Å². The summed E-state index contributed by atoms with van der Waals surface area (Å²) in [5, 5.41) is 10.7. The van der Waals surface area contributed by atoms with Gasteiger partial charge in [0.05, 0.1) is 6.21 Å². The molecule has 2 aromatic rings. The minimum atomic E-state index is -0.323. The Morgan fingerprint density at radius 1 is 1.35 bits per heavy atom. The third-order valence-electron chi connectivity index (χ3n) is 2.91. The van der Waals surface area contributed by atoms with Crippen molar-refractivity contribution in [1.82, 2.24) is 15.6 Å². The van der Waals surface area contributed by atoms with E-state index in [1.54, 1.807) is 12.3 Å². The van der Waals surface area contributed by atoms with Crippen LogP contribution in [0.1, 0.15) is 47.1 Å². The normalized spacial score (nSPS) is 11.2. The first-order valence-electron chi connectivity index (χ1n) is 6.51. The smallest absolute Gasteiger partial charge is 0.282 e.